The van der Waals surface area contributed by atoms with Crippen molar-refractivity contribution in [1.29, 1.82) is 0 Å². The number of benzene rings is 1. The third-order valence-corrected chi connectivity index (χ3v) is 5.85. The van der Waals surface area contributed by atoms with Crippen molar-refractivity contribution in [2.24, 2.45) is 0 Å². The number of carbonyl (C=O) groups excluding carboxylic acids is 1. The minimum absolute atomic E-state index is 0.0164. The smallest absolute Gasteiger partial charge is 0.228 e. The van der Waals surface area contributed by atoms with Crippen LogP contribution in [0.2, 0.25) is 0 Å². The van der Waals surface area contributed by atoms with Crippen molar-refractivity contribution in [1.82, 2.24) is 10.3 Å². The molecule has 2 aromatic rings. The molecule has 1 aromatic carbocycles. The fourth-order valence-electron chi connectivity index (χ4n) is 3.21. The van der Waals surface area contributed by atoms with Gasteiger partial charge in [-0.25, -0.2) is 9.37 Å². The van der Waals surface area contributed by atoms with Gasteiger partial charge in [-0.3, -0.25) is 4.79 Å². The zero-order chi connectivity index (χ0) is 18.1. The average Bonchev–Trinajstić information content (AvgIpc) is 3.37. The van der Waals surface area contributed by atoms with Crippen LogP contribution in [0.3, 0.4) is 0 Å². The van der Waals surface area contributed by atoms with E-state index in [-0.39, 0.29) is 23.7 Å². The highest BCUT2D eigenvalue weighted by molar-refractivity contribution is 7.12. The number of hydrogen-bond acceptors (Lipinski definition) is 4. The van der Waals surface area contributed by atoms with Gasteiger partial charge in [0.05, 0.1) is 17.7 Å². The molecule has 1 fully saturated rings. The van der Waals surface area contributed by atoms with E-state index < -0.39 is 0 Å². The van der Waals surface area contributed by atoms with Crippen LogP contribution in [0.1, 0.15) is 52.7 Å². The van der Waals surface area contributed by atoms with Gasteiger partial charge in [-0.2, -0.15) is 0 Å². The molecular formula is C20H21FN2O2S. The predicted octanol–water partition coefficient (Wildman–Crippen LogP) is 4.16. The maximum atomic E-state index is 14.6. The van der Waals surface area contributed by atoms with Crippen molar-refractivity contribution < 1.29 is 13.9 Å². The highest BCUT2D eigenvalue weighted by Gasteiger charge is 2.29. The van der Waals surface area contributed by atoms with Gasteiger partial charge in [0.2, 0.25) is 5.91 Å². The van der Waals surface area contributed by atoms with E-state index in [0.29, 0.717) is 11.3 Å². The molecule has 1 heterocycles. The van der Waals surface area contributed by atoms with E-state index in [0.717, 1.165) is 47.7 Å². The minimum Gasteiger partial charge on any atom is -0.487 e. The molecule has 1 atom stereocenters. The molecule has 2 aliphatic rings. The molecule has 136 valence electrons. The molecule has 1 N–H and O–H groups in total. The number of aryl methyl sites for hydroxylation is 1. The number of nitrogens with one attached hydrogen (secondary N) is 1. The third-order valence-electron chi connectivity index (χ3n) is 4.75. The maximum Gasteiger partial charge on any atom is 0.228 e. The van der Waals surface area contributed by atoms with Gasteiger partial charge in [0, 0.05) is 17.5 Å². The molecule has 4 rings (SSSR count). The summed E-state index contributed by atoms with van der Waals surface area (Å²) in [5.41, 5.74) is 1.37. The fraction of sp³-hybridized carbons (Fsp3) is 0.400. The van der Waals surface area contributed by atoms with E-state index in [1.807, 2.05) is 6.08 Å². The lowest BCUT2D eigenvalue weighted by Gasteiger charge is -2.19. The number of carbonyl (C=O) groups is 1. The van der Waals surface area contributed by atoms with Gasteiger partial charge in [0.15, 0.2) is 11.6 Å². The monoisotopic (exact) mass is 372 g/mol. The molecule has 1 aromatic heterocycles. The first-order valence-electron chi connectivity index (χ1n) is 9.00. The van der Waals surface area contributed by atoms with E-state index in [1.54, 1.807) is 42.7 Å². The molecule has 2 aliphatic carbocycles. The second kappa shape index (κ2) is 7.19. The summed E-state index contributed by atoms with van der Waals surface area (Å²) < 4.78 is 20.2. The number of aromatic nitrogens is 1. The van der Waals surface area contributed by atoms with Gasteiger partial charge in [-0.1, -0.05) is 12.1 Å². The zero-order valence-electron chi connectivity index (χ0n) is 14.6. The van der Waals surface area contributed by atoms with E-state index in [2.05, 4.69) is 10.3 Å². The summed E-state index contributed by atoms with van der Waals surface area (Å²) in [5, 5.41) is 3.53. The predicted molar refractivity (Wildman–Crippen MR) is 101 cm³/mol. The first-order chi connectivity index (χ1) is 12.7. The van der Waals surface area contributed by atoms with Crippen molar-refractivity contribution in [3.8, 4) is 5.75 Å². The first kappa shape index (κ1) is 17.2. The van der Waals surface area contributed by atoms with Crippen LogP contribution in [-0.2, 0) is 11.2 Å². The van der Waals surface area contributed by atoms with Crippen molar-refractivity contribution in [2.75, 3.05) is 7.05 Å². The highest BCUT2D eigenvalue weighted by Crippen LogP contribution is 2.36. The molecule has 4 nitrogen and oxygen atoms in total. The van der Waals surface area contributed by atoms with E-state index in [1.165, 1.54) is 0 Å². The summed E-state index contributed by atoms with van der Waals surface area (Å²) in [6.07, 6.45) is 8.48. The molecule has 0 spiro atoms. The Hall–Kier alpha value is -2.21. The van der Waals surface area contributed by atoms with Crippen molar-refractivity contribution >= 4 is 29.4 Å². The van der Waals surface area contributed by atoms with Crippen molar-refractivity contribution in [3.05, 3.63) is 45.2 Å². The number of thiazole rings is 1. The number of halogens is 1. The average molecular weight is 372 g/mol. The molecule has 26 heavy (non-hydrogen) atoms. The van der Waals surface area contributed by atoms with Crippen molar-refractivity contribution in [3.63, 3.8) is 0 Å². The lowest BCUT2D eigenvalue weighted by molar-refractivity contribution is -0.122. The standard InChI is InChI=1S/C20H21FN2O2S/c1-22-20(24)14-5-3-7-16-19(14)23-17(26-16)11-8-12-4-2-6-15(18(12)21)25-13-9-10-13/h2,4,6,8,11,13-14H,3,5,7,9-10H2,1H3,(H,22,24)/b11-8+. The Morgan fingerprint density at radius 1 is 1.35 bits per heavy atom. The van der Waals surface area contributed by atoms with Crippen LogP contribution < -0.4 is 10.1 Å². The van der Waals surface area contributed by atoms with Crippen LogP contribution in [0, 0.1) is 5.82 Å². The quantitative estimate of drug-likeness (QED) is 0.857. The Morgan fingerprint density at radius 3 is 2.96 bits per heavy atom. The number of rotatable bonds is 5. The SMILES string of the molecule is CNC(=O)C1CCCc2sc(/C=C/c3cccc(OC4CC4)c3F)nc21. The molecular weight excluding hydrogens is 351 g/mol. The number of amides is 1. The topological polar surface area (TPSA) is 51.2 Å². The number of likely N-dealkylation sites (N-methyl/N-ethyl adjacent to an activating group) is 1. The summed E-state index contributed by atoms with van der Waals surface area (Å²) in [5.74, 6) is -0.176. The van der Waals surface area contributed by atoms with Gasteiger partial charge in [-0.05, 0) is 50.3 Å². The van der Waals surface area contributed by atoms with Gasteiger partial charge in [-0.15, -0.1) is 11.3 Å². The van der Waals surface area contributed by atoms with Crippen LogP contribution in [-0.4, -0.2) is 24.0 Å². The van der Waals surface area contributed by atoms with Gasteiger partial charge in [0.1, 0.15) is 5.01 Å². The van der Waals surface area contributed by atoms with E-state index >= 15 is 0 Å². The van der Waals surface area contributed by atoms with E-state index in [9.17, 15) is 9.18 Å². The largest absolute Gasteiger partial charge is 0.487 e. The second-order valence-electron chi connectivity index (χ2n) is 6.73. The lowest BCUT2D eigenvalue weighted by atomic mass is 9.90. The summed E-state index contributed by atoms with van der Waals surface area (Å²) in [6.45, 7) is 0. The zero-order valence-corrected chi connectivity index (χ0v) is 15.4. The van der Waals surface area contributed by atoms with Gasteiger partial charge >= 0.3 is 0 Å². The number of ether oxygens (including phenoxy) is 1. The minimum atomic E-state index is -0.333. The molecule has 0 bridgehead atoms. The van der Waals surface area contributed by atoms with Crippen LogP contribution >= 0.6 is 11.3 Å². The fourth-order valence-corrected chi connectivity index (χ4v) is 4.28. The van der Waals surface area contributed by atoms with Crippen LogP contribution in [0.4, 0.5) is 4.39 Å². The molecule has 0 radical (unpaired) electrons. The third kappa shape index (κ3) is 3.51. The Morgan fingerprint density at radius 2 is 2.19 bits per heavy atom. The normalized spacial score (nSPS) is 19.4. The highest BCUT2D eigenvalue weighted by atomic mass is 32.1. The number of hydrogen-bond donors (Lipinski definition) is 1. The first-order valence-corrected chi connectivity index (χ1v) is 9.82. The molecule has 1 amide bonds. The van der Waals surface area contributed by atoms with Crippen LogP contribution in [0.15, 0.2) is 18.2 Å². The van der Waals surface area contributed by atoms with Gasteiger partial charge < -0.3 is 10.1 Å². The summed E-state index contributed by atoms with van der Waals surface area (Å²) >= 11 is 1.59. The second-order valence-corrected chi connectivity index (χ2v) is 7.84. The Bertz CT molecular complexity index is 857. The van der Waals surface area contributed by atoms with Gasteiger partial charge in [0.25, 0.3) is 0 Å². The molecule has 1 saturated carbocycles. The summed E-state index contributed by atoms with van der Waals surface area (Å²) in [4.78, 5) is 17.9. The Kier molecular flexibility index (Phi) is 4.76. The van der Waals surface area contributed by atoms with Crippen molar-refractivity contribution in [2.45, 2.75) is 44.1 Å². The summed E-state index contributed by atoms with van der Waals surface area (Å²) in [6, 6.07) is 5.20. The van der Waals surface area contributed by atoms with Crippen LogP contribution in [0.25, 0.3) is 12.2 Å². The maximum absolute atomic E-state index is 14.6. The lowest BCUT2D eigenvalue weighted by Crippen LogP contribution is -2.28. The Labute approximate surface area is 156 Å². The molecule has 0 saturated heterocycles. The van der Waals surface area contributed by atoms with E-state index in [4.69, 9.17) is 4.74 Å². The number of nitrogens with zero attached hydrogens (tertiary/aromatic N) is 1. The Balaban J connectivity index is 1.56. The van der Waals surface area contributed by atoms with Crippen LogP contribution in [0.5, 0.6) is 5.75 Å². The molecule has 0 aliphatic heterocycles. The molecule has 6 heteroatoms. The summed E-state index contributed by atoms with van der Waals surface area (Å²) in [7, 11) is 1.66. The number of fused-ring (bicyclic) bond motifs is 1. The molecule has 1 unspecified atom stereocenters.